The molecule has 0 aliphatic heterocycles. The van der Waals surface area contributed by atoms with E-state index < -0.39 is 17.5 Å². The van der Waals surface area contributed by atoms with Gasteiger partial charge in [0.2, 0.25) is 0 Å². The number of aromatic nitrogens is 1. The van der Waals surface area contributed by atoms with Crippen molar-refractivity contribution in [3.63, 3.8) is 0 Å². The van der Waals surface area contributed by atoms with Crippen molar-refractivity contribution < 1.29 is 17.9 Å². The Morgan fingerprint density at radius 1 is 1.21 bits per heavy atom. The summed E-state index contributed by atoms with van der Waals surface area (Å²) in [5.41, 5.74) is 1.02. The lowest BCUT2D eigenvalue weighted by atomic mass is 10.0. The molecule has 0 bridgehead atoms. The second-order valence-electron chi connectivity index (χ2n) is 5.75. The monoisotopic (exact) mass is 352 g/mol. The molecular weight excluding hydrogens is 339 g/mol. The molecule has 0 amide bonds. The maximum atomic E-state index is 13.1. The molecule has 1 radical (unpaired) electrons. The van der Waals surface area contributed by atoms with Gasteiger partial charge in [-0.15, -0.1) is 0 Å². The maximum absolute atomic E-state index is 13.1. The van der Waals surface area contributed by atoms with Gasteiger partial charge >= 0.3 is 6.18 Å². The Labute approximate surface area is 142 Å². The van der Waals surface area contributed by atoms with Crippen molar-refractivity contribution in [1.29, 1.82) is 0 Å². The third-order valence-corrected chi connectivity index (χ3v) is 4.01. The first kappa shape index (κ1) is 16.7. The standard InChI is InChI=1S/C18H14ClF3NO/c1-10(2)13-9-23-16-7-6-11(8-12(13)16)24-17-14(18(20,21)22)4-3-5-15(17)19/h4-10,23H,1-2H3. The highest BCUT2D eigenvalue weighted by Crippen LogP contribution is 2.42. The second-order valence-corrected chi connectivity index (χ2v) is 6.16. The predicted molar refractivity (Wildman–Crippen MR) is 87.8 cm³/mol. The number of ether oxygens (including phenoxy) is 1. The minimum Gasteiger partial charge on any atom is -0.455 e. The molecular formula is C18H14ClF3NO. The minimum atomic E-state index is -4.57. The molecule has 24 heavy (non-hydrogen) atoms. The summed E-state index contributed by atoms with van der Waals surface area (Å²) in [7, 11) is 0. The first-order chi connectivity index (χ1) is 11.3. The molecule has 0 spiro atoms. The van der Waals surface area contributed by atoms with E-state index in [0.717, 1.165) is 22.5 Å². The van der Waals surface area contributed by atoms with Gasteiger partial charge in [-0.05, 0) is 47.9 Å². The number of benzene rings is 2. The van der Waals surface area contributed by atoms with Gasteiger partial charge in [-0.2, -0.15) is 13.2 Å². The molecule has 2 aromatic carbocycles. The molecule has 0 fully saturated rings. The Bertz CT molecular complexity index is 884. The van der Waals surface area contributed by atoms with Crippen LogP contribution in [-0.2, 0) is 6.18 Å². The smallest absolute Gasteiger partial charge is 0.420 e. The molecule has 1 heterocycles. The Morgan fingerprint density at radius 2 is 1.96 bits per heavy atom. The van der Waals surface area contributed by atoms with Crippen molar-refractivity contribution >= 4 is 22.5 Å². The number of hydrogen-bond donors (Lipinski definition) is 1. The van der Waals surface area contributed by atoms with E-state index in [2.05, 4.69) is 11.1 Å². The molecule has 0 saturated carbocycles. The molecule has 0 aliphatic carbocycles. The number of fused-ring (bicyclic) bond motifs is 1. The van der Waals surface area contributed by atoms with Crippen molar-refractivity contribution in [2.24, 2.45) is 0 Å². The molecule has 0 unspecified atom stereocenters. The van der Waals surface area contributed by atoms with Gasteiger partial charge in [-0.3, -0.25) is 0 Å². The Kier molecular flexibility index (Phi) is 4.22. The van der Waals surface area contributed by atoms with E-state index in [1.54, 1.807) is 18.2 Å². The molecule has 3 rings (SSSR count). The Morgan fingerprint density at radius 3 is 2.62 bits per heavy atom. The van der Waals surface area contributed by atoms with Crippen LogP contribution in [0.4, 0.5) is 13.2 Å². The zero-order valence-electron chi connectivity index (χ0n) is 13.0. The number of rotatable bonds is 3. The van der Waals surface area contributed by atoms with Crippen LogP contribution >= 0.6 is 11.6 Å². The summed E-state index contributed by atoms with van der Waals surface area (Å²) in [6.45, 7) is 4.09. The Hall–Kier alpha value is -2.14. The molecule has 0 atom stereocenters. The first-order valence-electron chi connectivity index (χ1n) is 7.33. The van der Waals surface area contributed by atoms with Gasteiger partial charge in [0.25, 0.3) is 0 Å². The minimum absolute atomic E-state index is 0.136. The highest BCUT2D eigenvalue weighted by atomic mass is 35.5. The highest BCUT2D eigenvalue weighted by molar-refractivity contribution is 6.32. The fourth-order valence-corrected chi connectivity index (χ4v) is 2.76. The van der Waals surface area contributed by atoms with E-state index in [-0.39, 0.29) is 10.9 Å². The van der Waals surface area contributed by atoms with Crippen molar-refractivity contribution in [1.82, 2.24) is 4.98 Å². The Balaban J connectivity index is 2.06. The van der Waals surface area contributed by atoms with Gasteiger partial charge < -0.3 is 9.72 Å². The summed E-state index contributed by atoms with van der Waals surface area (Å²) in [4.78, 5) is 3.14. The second kappa shape index (κ2) is 6.06. The summed E-state index contributed by atoms with van der Waals surface area (Å²) in [6, 6.07) is 9.55. The average molecular weight is 353 g/mol. The third-order valence-electron chi connectivity index (χ3n) is 3.73. The molecule has 1 aromatic heterocycles. The predicted octanol–water partition coefficient (Wildman–Crippen LogP) is 6.56. The quantitative estimate of drug-likeness (QED) is 0.567. The lowest BCUT2D eigenvalue weighted by molar-refractivity contribution is -0.138. The van der Waals surface area contributed by atoms with Gasteiger partial charge in [-0.25, -0.2) is 0 Å². The molecule has 6 heteroatoms. The topological polar surface area (TPSA) is 25.0 Å². The summed E-state index contributed by atoms with van der Waals surface area (Å²) < 4.78 is 44.9. The zero-order chi connectivity index (χ0) is 17.5. The van der Waals surface area contributed by atoms with Gasteiger partial charge in [0, 0.05) is 17.1 Å². The van der Waals surface area contributed by atoms with Gasteiger partial charge in [0.1, 0.15) is 11.3 Å². The SMILES string of the molecule is CC(C)c1c[nH]c2ccc(Oc3c(Cl)c[c]cc3C(F)(F)F)cc12. The van der Waals surface area contributed by atoms with Crippen LogP contribution in [0, 0.1) is 6.07 Å². The average Bonchev–Trinajstić information content (AvgIpc) is 2.91. The van der Waals surface area contributed by atoms with Crippen molar-refractivity contribution in [2.75, 3.05) is 0 Å². The molecule has 0 aliphatic rings. The van der Waals surface area contributed by atoms with Crippen LogP contribution in [0.5, 0.6) is 11.5 Å². The number of hydrogen-bond acceptors (Lipinski definition) is 1. The first-order valence-corrected chi connectivity index (χ1v) is 7.71. The van der Waals surface area contributed by atoms with Crippen molar-refractivity contribution in [3.05, 3.63) is 58.7 Å². The van der Waals surface area contributed by atoms with Crippen molar-refractivity contribution in [2.45, 2.75) is 25.9 Å². The number of alkyl halides is 3. The van der Waals surface area contributed by atoms with E-state index in [1.807, 2.05) is 20.0 Å². The van der Waals surface area contributed by atoms with Gasteiger partial charge in [0.15, 0.2) is 5.75 Å². The fraction of sp³-hybridized carbons (Fsp3) is 0.222. The van der Waals surface area contributed by atoms with Crippen molar-refractivity contribution in [3.8, 4) is 11.5 Å². The molecule has 3 aromatic rings. The van der Waals surface area contributed by atoms with E-state index >= 15 is 0 Å². The number of aromatic amines is 1. The maximum Gasteiger partial charge on any atom is 0.420 e. The van der Waals surface area contributed by atoms with E-state index in [0.29, 0.717) is 5.75 Å². The summed E-state index contributed by atoms with van der Waals surface area (Å²) in [5, 5.41) is 0.776. The van der Waals surface area contributed by atoms with E-state index in [1.165, 1.54) is 6.07 Å². The number of halogens is 4. The molecule has 1 N–H and O–H groups in total. The van der Waals surface area contributed by atoms with Crippen LogP contribution < -0.4 is 4.74 Å². The van der Waals surface area contributed by atoms with Crippen LogP contribution in [0.25, 0.3) is 10.9 Å². The third kappa shape index (κ3) is 3.08. The molecule has 0 saturated heterocycles. The number of H-pyrrole nitrogens is 1. The van der Waals surface area contributed by atoms with Crippen LogP contribution in [0.3, 0.4) is 0 Å². The summed E-state index contributed by atoms with van der Waals surface area (Å²) in [6.07, 6.45) is -2.68. The molecule has 2 nitrogen and oxygen atoms in total. The van der Waals surface area contributed by atoms with Crippen LogP contribution in [-0.4, -0.2) is 4.98 Å². The van der Waals surface area contributed by atoms with Crippen LogP contribution in [0.1, 0.15) is 30.9 Å². The molecule has 125 valence electrons. The lowest BCUT2D eigenvalue weighted by Gasteiger charge is -2.15. The van der Waals surface area contributed by atoms with Crippen LogP contribution in [0.2, 0.25) is 5.02 Å². The highest BCUT2D eigenvalue weighted by Gasteiger charge is 2.35. The van der Waals surface area contributed by atoms with Gasteiger partial charge in [0.05, 0.1) is 5.02 Å². The summed E-state index contributed by atoms with van der Waals surface area (Å²) in [5.74, 6) is 0.154. The number of nitrogens with one attached hydrogen (secondary N) is 1. The normalized spacial score (nSPS) is 12.1. The largest absolute Gasteiger partial charge is 0.455 e. The van der Waals surface area contributed by atoms with E-state index in [9.17, 15) is 13.2 Å². The van der Waals surface area contributed by atoms with Gasteiger partial charge in [-0.1, -0.05) is 25.4 Å². The fourth-order valence-electron chi connectivity index (χ4n) is 2.55. The summed E-state index contributed by atoms with van der Waals surface area (Å²) >= 11 is 5.90. The zero-order valence-corrected chi connectivity index (χ0v) is 13.7. The lowest BCUT2D eigenvalue weighted by Crippen LogP contribution is -2.07. The van der Waals surface area contributed by atoms with Crippen LogP contribution in [0.15, 0.2) is 36.5 Å². The van der Waals surface area contributed by atoms with E-state index in [4.69, 9.17) is 16.3 Å².